The van der Waals surface area contributed by atoms with Gasteiger partial charge in [-0.2, -0.15) is 5.10 Å². The van der Waals surface area contributed by atoms with E-state index in [-0.39, 0.29) is 11.9 Å². The van der Waals surface area contributed by atoms with Crippen LogP contribution in [0.1, 0.15) is 66.7 Å². The van der Waals surface area contributed by atoms with E-state index >= 15 is 0 Å². The summed E-state index contributed by atoms with van der Waals surface area (Å²) in [7, 11) is 2.17. The summed E-state index contributed by atoms with van der Waals surface area (Å²) in [6.45, 7) is 9.63. The van der Waals surface area contributed by atoms with Gasteiger partial charge in [0, 0.05) is 31.2 Å². The Bertz CT molecular complexity index is 1360. The zero-order valence-corrected chi connectivity index (χ0v) is 21.7. The molecule has 2 aromatic heterocycles. The Morgan fingerprint density at radius 2 is 1.81 bits per heavy atom. The third kappa shape index (κ3) is 4.78. The highest BCUT2D eigenvalue weighted by Gasteiger charge is 2.27. The summed E-state index contributed by atoms with van der Waals surface area (Å²) in [5.74, 6) is 0.0265. The molecule has 3 heterocycles. The summed E-state index contributed by atoms with van der Waals surface area (Å²) in [4.78, 5) is 23.2. The van der Waals surface area contributed by atoms with Gasteiger partial charge in [0.2, 0.25) is 0 Å². The van der Waals surface area contributed by atoms with Crippen molar-refractivity contribution in [3.63, 3.8) is 0 Å². The number of fused-ring (bicyclic) bond motifs is 2. The normalized spacial score (nSPS) is 13.2. The molecule has 0 atom stereocenters. The number of amides is 1. The van der Waals surface area contributed by atoms with Crippen LogP contribution >= 0.6 is 0 Å². The fraction of sp³-hybridized carbons (Fsp3) is 0.367. The van der Waals surface area contributed by atoms with Crippen LogP contribution in [0, 0.1) is 0 Å². The third-order valence-corrected chi connectivity index (χ3v) is 6.98. The summed E-state index contributed by atoms with van der Waals surface area (Å²) in [5, 5.41) is 5.41. The van der Waals surface area contributed by atoms with Crippen molar-refractivity contribution in [3.8, 4) is 11.3 Å². The fourth-order valence-electron chi connectivity index (χ4n) is 5.02. The maximum absolute atomic E-state index is 13.9. The molecule has 0 bridgehead atoms. The van der Waals surface area contributed by atoms with Crippen molar-refractivity contribution < 1.29 is 4.79 Å². The van der Waals surface area contributed by atoms with Gasteiger partial charge >= 0.3 is 0 Å². The van der Waals surface area contributed by atoms with E-state index in [1.54, 1.807) is 6.20 Å². The molecule has 186 valence electrons. The van der Waals surface area contributed by atoms with Gasteiger partial charge in [-0.1, -0.05) is 55.8 Å². The molecule has 0 saturated carbocycles. The Balaban J connectivity index is 1.53. The van der Waals surface area contributed by atoms with Crippen molar-refractivity contribution in [3.05, 3.63) is 83.0 Å². The summed E-state index contributed by atoms with van der Waals surface area (Å²) >= 11 is 0. The van der Waals surface area contributed by atoms with E-state index in [1.807, 2.05) is 27.8 Å². The number of pyridine rings is 1. The molecule has 0 unspecified atom stereocenters. The van der Waals surface area contributed by atoms with Crippen LogP contribution in [0.5, 0.6) is 0 Å². The van der Waals surface area contributed by atoms with E-state index in [0.717, 1.165) is 35.4 Å². The molecule has 0 N–H and O–H groups in total. The lowest BCUT2D eigenvalue weighted by Gasteiger charge is -2.18. The molecule has 0 aliphatic carbocycles. The second-order valence-corrected chi connectivity index (χ2v) is 10.2. The number of hydrogen-bond donors (Lipinski definition) is 0. The molecule has 1 amide bonds. The topological polar surface area (TPSA) is 54.3 Å². The highest BCUT2D eigenvalue weighted by atomic mass is 16.2. The predicted molar refractivity (Wildman–Crippen MR) is 145 cm³/mol. The molecule has 0 saturated heterocycles. The van der Waals surface area contributed by atoms with E-state index < -0.39 is 0 Å². The van der Waals surface area contributed by atoms with Crippen LogP contribution in [0.3, 0.4) is 0 Å². The Morgan fingerprint density at radius 1 is 1.06 bits per heavy atom. The Kier molecular flexibility index (Phi) is 6.88. The van der Waals surface area contributed by atoms with Crippen LogP contribution in [0.25, 0.3) is 22.3 Å². The number of nitrogens with zero attached hydrogens (tertiary/aromatic N) is 5. The largest absolute Gasteiger partial charge is 0.330 e. The Hall–Kier alpha value is -3.51. The molecule has 5 rings (SSSR count). The summed E-state index contributed by atoms with van der Waals surface area (Å²) < 4.78 is 1.91. The molecule has 0 spiro atoms. The molecule has 4 aromatic rings. The van der Waals surface area contributed by atoms with Crippen LogP contribution in [-0.4, -0.2) is 44.1 Å². The lowest BCUT2D eigenvalue weighted by atomic mass is 10.0. The monoisotopic (exact) mass is 481 g/mol. The minimum Gasteiger partial charge on any atom is -0.330 e. The van der Waals surface area contributed by atoms with Crippen LogP contribution in [0.2, 0.25) is 0 Å². The van der Waals surface area contributed by atoms with Gasteiger partial charge in [-0.25, -0.2) is 9.67 Å². The first kappa shape index (κ1) is 24.2. The molecule has 6 nitrogen and oxygen atoms in total. The van der Waals surface area contributed by atoms with Crippen molar-refractivity contribution in [1.82, 2.24) is 24.6 Å². The smallest absolute Gasteiger partial charge is 0.255 e. The summed E-state index contributed by atoms with van der Waals surface area (Å²) in [5.41, 5.74) is 6.93. The molecule has 1 aliphatic rings. The predicted octanol–water partition coefficient (Wildman–Crippen LogP) is 6.07. The Morgan fingerprint density at radius 3 is 2.50 bits per heavy atom. The van der Waals surface area contributed by atoms with Gasteiger partial charge in [0.05, 0.1) is 22.8 Å². The SMILES string of the molecule is CCCCN(C)Cc1cccc(-c2cc(C(=O)N3Cc4ccccc4C3)c3cnn(C(C)C)c3n2)c1. The van der Waals surface area contributed by atoms with Crippen molar-refractivity contribution in [2.75, 3.05) is 13.6 Å². The molecule has 0 radical (unpaired) electrons. The molecule has 2 aromatic carbocycles. The van der Waals surface area contributed by atoms with E-state index in [4.69, 9.17) is 4.98 Å². The van der Waals surface area contributed by atoms with Crippen molar-refractivity contribution in [2.24, 2.45) is 0 Å². The van der Waals surface area contributed by atoms with E-state index in [1.165, 1.54) is 29.5 Å². The van der Waals surface area contributed by atoms with Gasteiger partial charge in [0.15, 0.2) is 5.65 Å². The first-order chi connectivity index (χ1) is 17.4. The molecule has 0 fully saturated rings. The molecule has 1 aliphatic heterocycles. The first-order valence-electron chi connectivity index (χ1n) is 13.0. The van der Waals surface area contributed by atoms with Gasteiger partial charge in [-0.05, 0) is 62.7 Å². The Labute approximate surface area is 213 Å². The van der Waals surface area contributed by atoms with Gasteiger partial charge in [-0.15, -0.1) is 0 Å². The number of unbranched alkanes of at least 4 members (excludes halogenated alkanes) is 1. The second-order valence-electron chi connectivity index (χ2n) is 10.2. The van der Waals surface area contributed by atoms with Gasteiger partial charge < -0.3 is 9.80 Å². The van der Waals surface area contributed by atoms with Gasteiger partial charge in [0.1, 0.15) is 0 Å². The van der Waals surface area contributed by atoms with Gasteiger partial charge in [0.25, 0.3) is 5.91 Å². The zero-order valence-electron chi connectivity index (χ0n) is 21.7. The van der Waals surface area contributed by atoms with Crippen LogP contribution < -0.4 is 0 Å². The number of carbonyl (C=O) groups excluding carboxylic acids is 1. The summed E-state index contributed by atoms with van der Waals surface area (Å²) in [6, 6.07) is 18.9. The molecular formula is C30H35N5O. The van der Waals surface area contributed by atoms with Gasteiger partial charge in [-0.3, -0.25) is 4.79 Å². The van der Waals surface area contributed by atoms with E-state index in [2.05, 4.69) is 74.2 Å². The van der Waals surface area contributed by atoms with E-state index in [9.17, 15) is 4.79 Å². The lowest BCUT2D eigenvalue weighted by Crippen LogP contribution is -2.25. The number of carbonyl (C=O) groups is 1. The number of aromatic nitrogens is 3. The quantitative estimate of drug-likeness (QED) is 0.307. The second kappa shape index (κ2) is 10.2. The molecule has 36 heavy (non-hydrogen) atoms. The van der Waals surface area contributed by atoms with Crippen molar-refractivity contribution in [1.29, 1.82) is 0 Å². The highest BCUT2D eigenvalue weighted by molar-refractivity contribution is 6.06. The fourth-order valence-corrected chi connectivity index (χ4v) is 5.02. The molecule has 6 heteroatoms. The van der Waals surface area contributed by atoms with Crippen LogP contribution in [-0.2, 0) is 19.6 Å². The number of benzene rings is 2. The first-order valence-corrected chi connectivity index (χ1v) is 13.0. The van der Waals surface area contributed by atoms with E-state index in [0.29, 0.717) is 18.7 Å². The van der Waals surface area contributed by atoms with Crippen LogP contribution in [0.4, 0.5) is 0 Å². The minimum absolute atomic E-state index is 0.0265. The van der Waals surface area contributed by atoms with Crippen LogP contribution in [0.15, 0.2) is 60.8 Å². The van der Waals surface area contributed by atoms with Crippen molar-refractivity contribution >= 4 is 16.9 Å². The third-order valence-electron chi connectivity index (χ3n) is 6.98. The van der Waals surface area contributed by atoms with Crippen molar-refractivity contribution in [2.45, 2.75) is 59.3 Å². The maximum Gasteiger partial charge on any atom is 0.255 e. The zero-order chi connectivity index (χ0) is 25.2. The summed E-state index contributed by atoms with van der Waals surface area (Å²) in [6.07, 6.45) is 4.18. The standard InChI is InChI=1S/C30H35N5O/c1-5-6-14-33(4)18-22-10-9-13-23(15-22)28-16-26(27-17-31-35(21(2)3)29(27)32-28)30(36)34-19-24-11-7-8-12-25(24)20-34/h7-13,15-17,21H,5-6,14,18-20H2,1-4H3. The number of rotatable bonds is 8. The highest BCUT2D eigenvalue weighted by Crippen LogP contribution is 2.30. The number of hydrogen-bond acceptors (Lipinski definition) is 4. The lowest BCUT2D eigenvalue weighted by molar-refractivity contribution is 0.0753. The maximum atomic E-state index is 13.9. The average molecular weight is 482 g/mol. The average Bonchev–Trinajstić information content (AvgIpc) is 3.51. The minimum atomic E-state index is 0.0265. The molecular weight excluding hydrogens is 446 g/mol.